The number of halogens is 1. The summed E-state index contributed by atoms with van der Waals surface area (Å²) >= 11 is 6.28. The molecular weight excluding hydrogens is 502 g/mol. The van der Waals surface area contributed by atoms with Crippen LogP contribution in [0.2, 0.25) is 5.02 Å². The largest absolute Gasteiger partial charge is 0.506 e. The quantitative estimate of drug-likeness (QED) is 0.254. The Morgan fingerprint density at radius 3 is 2.31 bits per heavy atom. The van der Waals surface area contributed by atoms with Gasteiger partial charge >= 0.3 is 0 Å². The van der Waals surface area contributed by atoms with Gasteiger partial charge in [0.05, 0.1) is 21.3 Å². The Morgan fingerprint density at radius 2 is 1.72 bits per heavy atom. The molecule has 2 aromatic rings. The van der Waals surface area contributed by atoms with Gasteiger partial charge in [-0.15, -0.1) is 0 Å². The van der Waals surface area contributed by atoms with Crippen molar-refractivity contribution in [3.63, 3.8) is 0 Å². The second-order valence-corrected chi connectivity index (χ2v) is 11.2. The number of benzene rings is 2. The fourth-order valence-corrected chi connectivity index (χ4v) is 5.95. The molecule has 1 fully saturated rings. The van der Waals surface area contributed by atoms with Crippen LogP contribution in [0.1, 0.15) is 51.0 Å². The number of nitrogens with zero attached hydrogens (tertiary/aromatic N) is 1. The van der Waals surface area contributed by atoms with Crippen molar-refractivity contribution in [2.75, 3.05) is 10.6 Å². The van der Waals surface area contributed by atoms with Crippen molar-refractivity contribution in [1.82, 2.24) is 0 Å². The second-order valence-electron chi connectivity index (χ2n) is 8.70. The summed E-state index contributed by atoms with van der Waals surface area (Å²) in [6.45, 7) is 3.41. The molecule has 0 radical (unpaired) electrons. The van der Waals surface area contributed by atoms with Gasteiger partial charge in [-0.2, -0.15) is 5.26 Å². The molecule has 0 saturated heterocycles. The van der Waals surface area contributed by atoms with Gasteiger partial charge < -0.3 is 15.7 Å². The Hall–Kier alpha value is -3.35. The summed E-state index contributed by atoms with van der Waals surface area (Å²) in [6.07, 6.45) is 4.26. The molecule has 0 aliphatic heterocycles. The SMILES string of the molecule is CCC(C(=O)Nc1cc(O)c(NC(=O)C(C#N)=C2CCCCC2)cc1Cl)S(=O)(=O)c1ccc(C)cc1. The number of phenols is 1. The number of aromatic hydroxyl groups is 1. The molecule has 1 aliphatic rings. The lowest BCUT2D eigenvalue weighted by atomic mass is 9.91. The van der Waals surface area contributed by atoms with Crippen LogP contribution in [-0.4, -0.2) is 30.6 Å². The van der Waals surface area contributed by atoms with Crippen molar-refractivity contribution in [3.8, 4) is 11.8 Å². The van der Waals surface area contributed by atoms with Crippen LogP contribution in [0, 0.1) is 18.3 Å². The minimum Gasteiger partial charge on any atom is -0.506 e. The van der Waals surface area contributed by atoms with Crippen LogP contribution in [-0.2, 0) is 19.4 Å². The van der Waals surface area contributed by atoms with Gasteiger partial charge in [0.2, 0.25) is 5.91 Å². The first-order valence-corrected chi connectivity index (χ1v) is 13.6. The van der Waals surface area contributed by atoms with Gasteiger partial charge in [-0.25, -0.2) is 8.42 Å². The van der Waals surface area contributed by atoms with E-state index in [4.69, 9.17) is 11.6 Å². The van der Waals surface area contributed by atoms with E-state index in [9.17, 15) is 28.4 Å². The molecule has 2 aromatic carbocycles. The van der Waals surface area contributed by atoms with E-state index in [0.717, 1.165) is 36.5 Å². The first-order chi connectivity index (χ1) is 17.1. The van der Waals surface area contributed by atoms with Crippen molar-refractivity contribution >= 4 is 44.6 Å². The highest BCUT2D eigenvalue weighted by molar-refractivity contribution is 7.92. The third-order valence-electron chi connectivity index (χ3n) is 6.13. The van der Waals surface area contributed by atoms with E-state index < -0.39 is 32.7 Å². The summed E-state index contributed by atoms with van der Waals surface area (Å²) < 4.78 is 26.1. The highest BCUT2D eigenvalue weighted by Crippen LogP contribution is 2.35. The Bertz CT molecular complexity index is 1340. The summed E-state index contributed by atoms with van der Waals surface area (Å²) in [5.41, 5.74) is 1.65. The zero-order valence-corrected chi connectivity index (χ0v) is 21.7. The van der Waals surface area contributed by atoms with Gasteiger partial charge in [-0.05, 0) is 62.8 Å². The molecule has 10 heteroatoms. The van der Waals surface area contributed by atoms with E-state index in [1.807, 2.05) is 13.0 Å². The lowest BCUT2D eigenvalue weighted by Gasteiger charge is -2.18. The van der Waals surface area contributed by atoms with Crippen LogP contribution >= 0.6 is 11.6 Å². The number of anilines is 2. The third kappa shape index (κ3) is 6.07. The summed E-state index contributed by atoms with van der Waals surface area (Å²) in [5, 5.41) is 23.5. The first-order valence-electron chi connectivity index (χ1n) is 11.7. The number of hydrogen-bond donors (Lipinski definition) is 3. The molecule has 3 N–H and O–H groups in total. The number of phenolic OH excluding ortho intramolecular Hbond substituents is 1. The topological polar surface area (TPSA) is 136 Å². The van der Waals surface area contributed by atoms with E-state index in [2.05, 4.69) is 10.6 Å². The Morgan fingerprint density at radius 1 is 1.08 bits per heavy atom. The fraction of sp³-hybridized carbons (Fsp3) is 0.346. The molecule has 0 spiro atoms. The molecule has 0 bridgehead atoms. The average molecular weight is 530 g/mol. The van der Waals surface area contributed by atoms with Gasteiger partial charge in [-0.1, -0.05) is 42.6 Å². The molecule has 8 nitrogen and oxygen atoms in total. The van der Waals surface area contributed by atoms with Gasteiger partial charge in [0, 0.05) is 6.07 Å². The zero-order chi connectivity index (χ0) is 26.5. The van der Waals surface area contributed by atoms with E-state index in [0.29, 0.717) is 12.8 Å². The number of nitrogens with one attached hydrogen (secondary N) is 2. The summed E-state index contributed by atoms with van der Waals surface area (Å²) in [4.78, 5) is 25.6. The number of nitriles is 1. The smallest absolute Gasteiger partial charge is 0.266 e. The molecule has 1 atom stereocenters. The number of amides is 2. The number of hydrogen-bond acceptors (Lipinski definition) is 6. The zero-order valence-electron chi connectivity index (χ0n) is 20.1. The highest BCUT2D eigenvalue weighted by atomic mass is 35.5. The molecule has 1 unspecified atom stereocenters. The molecule has 190 valence electrons. The highest BCUT2D eigenvalue weighted by Gasteiger charge is 2.33. The summed E-state index contributed by atoms with van der Waals surface area (Å²) in [5.74, 6) is -1.85. The third-order valence-corrected chi connectivity index (χ3v) is 8.67. The molecule has 0 heterocycles. The normalized spacial score (nSPS) is 14.4. The summed E-state index contributed by atoms with van der Waals surface area (Å²) in [7, 11) is -3.97. The molecule has 0 aromatic heterocycles. The maximum Gasteiger partial charge on any atom is 0.266 e. The lowest BCUT2D eigenvalue weighted by molar-refractivity contribution is -0.116. The van der Waals surface area contributed by atoms with Crippen LogP contribution in [0.3, 0.4) is 0 Å². The Kier molecular flexibility index (Phi) is 8.77. The Balaban J connectivity index is 1.80. The van der Waals surface area contributed by atoms with Gasteiger partial charge in [0.15, 0.2) is 9.84 Å². The molecule has 2 amide bonds. The molecule has 3 rings (SSSR count). The van der Waals surface area contributed by atoms with Crippen molar-refractivity contribution < 1.29 is 23.1 Å². The predicted molar refractivity (Wildman–Crippen MR) is 139 cm³/mol. The standard InChI is InChI=1S/C26H28ClN3O5S/c1-3-24(36(34,35)18-11-9-16(2)10-12-18)26(33)29-21-14-23(31)22(13-20(21)27)30-25(32)19(15-28)17-7-5-4-6-8-17/h9-14,24,31H,3-8H2,1-2H3,(H,29,33)(H,30,32). The van der Waals surface area contributed by atoms with Gasteiger partial charge in [-0.3, -0.25) is 9.59 Å². The van der Waals surface area contributed by atoms with E-state index in [1.165, 1.54) is 18.2 Å². The molecule has 36 heavy (non-hydrogen) atoms. The van der Waals surface area contributed by atoms with Crippen molar-refractivity contribution in [2.45, 2.75) is 62.5 Å². The van der Waals surface area contributed by atoms with Crippen molar-refractivity contribution in [3.05, 3.63) is 58.1 Å². The first kappa shape index (κ1) is 27.2. The number of allylic oxidation sites excluding steroid dienone is 1. The number of sulfone groups is 1. The van der Waals surface area contributed by atoms with E-state index in [1.54, 1.807) is 19.1 Å². The molecule has 1 aliphatic carbocycles. The minimum absolute atomic E-state index is 0.0131. The monoisotopic (exact) mass is 529 g/mol. The van der Waals surface area contributed by atoms with Crippen molar-refractivity contribution in [2.24, 2.45) is 0 Å². The number of aryl methyl sites for hydroxylation is 1. The van der Waals surface area contributed by atoms with Crippen LogP contribution in [0.15, 0.2) is 52.4 Å². The van der Waals surface area contributed by atoms with Crippen LogP contribution in [0.5, 0.6) is 5.75 Å². The maximum absolute atomic E-state index is 13.0. The van der Waals surface area contributed by atoms with Gasteiger partial charge in [0.1, 0.15) is 22.6 Å². The van der Waals surface area contributed by atoms with Gasteiger partial charge in [0.25, 0.3) is 5.91 Å². The van der Waals surface area contributed by atoms with Crippen LogP contribution in [0.25, 0.3) is 0 Å². The fourth-order valence-electron chi connectivity index (χ4n) is 4.11. The predicted octanol–water partition coefficient (Wildman–Crippen LogP) is 5.27. The lowest BCUT2D eigenvalue weighted by Crippen LogP contribution is -2.34. The Labute approximate surface area is 215 Å². The van der Waals surface area contributed by atoms with E-state index >= 15 is 0 Å². The maximum atomic E-state index is 13.0. The number of carbonyl (C=O) groups is 2. The van der Waals surface area contributed by atoms with E-state index in [-0.39, 0.29) is 33.3 Å². The van der Waals surface area contributed by atoms with Crippen LogP contribution in [0.4, 0.5) is 11.4 Å². The number of carbonyl (C=O) groups excluding carboxylic acids is 2. The average Bonchev–Trinajstić information content (AvgIpc) is 2.84. The summed E-state index contributed by atoms with van der Waals surface area (Å²) in [6, 6.07) is 10.5. The number of rotatable bonds is 7. The minimum atomic E-state index is -3.97. The second kappa shape index (κ2) is 11.6. The van der Waals surface area contributed by atoms with Crippen molar-refractivity contribution in [1.29, 1.82) is 5.26 Å². The molecule has 1 saturated carbocycles. The molecular formula is C26H28ClN3O5S. The van der Waals surface area contributed by atoms with Crippen LogP contribution < -0.4 is 10.6 Å².